The molecular weight excluding hydrogens is 275 g/mol. The lowest BCUT2D eigenvalue weighted by atomic mass is 9.97. The fraction of sp³-hybridized carbons (Fsp3) is 0.250. The highest BCUT2D eigenvalue weighted by atomic mass is 35.5. The monoisotopic (exact) mass is 290 g/mol. The van der Waals surface area contributed by atoms with Crippen LogP contribution in [0.25, 0.3) is 0 Å². The lowest BCUT2D eigenvalue weighted by Crippen LogP contribution is -2.30. The number of fused-ring (bicyclic) bond motifs is 1. The number of nitrogen functional groups attached to an aromatic ring is 1. The Kier molecular flexibility index (Phi) is 3.64. The Labute approximate surface area is 123 Å². The summed E-state index contributed by atoms with van der Waals surface area (Å²) in [7, 11) is 0. The van der Waals surface area contributed by atoms with Crippen molar-refractivity contribution in [2.24, 2.45) is 0 Å². The standard InChI is InChI=1S/C16H16ClFN2/c17-14-5-1-4-12(16(14)18)10-20-8-7-13-11(9-20)3-2-6-15(13)19/h1-6H,7-10,19H2. The largest absolute Gasteiger partial charge is 0.398 e. The Balaban J connectivity index is 1.79. The van der Waals surface area contributed by atoms with Crippen LogP contribution in [0.15, 0.2) is 36.4 Å². The van der Waals surface area contributed by atoms with Gasteiger partial charge in [-0.1, -0.05) is 35.9 Å². The topological polar surface area (TPSA) is 29.3 Å². The van der Waals surface area contributed by atoms with E-state index in [1.54, 1.807) is 18.2 Å². The molecule has 4 heteroatoms. The van der Waals surface area contributed by atoms with Crippen molar-refractivity contribution in [2.45, 2.75) is 19.5 Å². The lowest BCUT2D eigenvalue weighted by Gasteiger charge is -2.29. The van der Waals surface area contributed by atoms with Crippen molar-refractivity contribution in [1.29, 1.82) is 0 Å². The highest BCUT2D eigenvalue weighted by Gasteiger charge is 2.19. The molecule has 0 amide bonds. The van der Waals surface area contributed by atoms with E-state index in [4.69, 9.17) is 17.3 Å². The third kappa shape index (κ3) is 2.51. The number of hydrogen-bond acceptors (Lipinski definition) is 2. The molecule has 0 radical (unpaired) electrons. The second-order valence-corrected chi connectivity index (χ2v) is 5.57. The first-order valence-electron chi connectivity index (χ1n) is 6.66. The van der Waals surface area contributed by atoms with Crippen LogP contribution in [0.5, 0.6) is 0 Å². The van der Waals surface area contributed by atoms with Crippen molar-refractivity contribution < 1.29 is 4.39 Å². The normalized spacial score (nSPS) is 15.1. The fourth-order valence-electron chi connectivity index (χ4n) is 2.74. The summed E-state index contributed by atoms with van der Waals surface area (Å²) in [5.74, 6) is -0.312. The maximum Gasteiger partial charge on any atom is 0.146 e. The Bertz CT molecular complexity index is 642. The number of halogens is 2. The first-order chi connectivity index (χ1) is 9.65. The number of benzene rings is 2. The van der Waals surface area contributed by atoms with Gasteiger partial charge in [0.1, 0.15) is 5.82 Å². The molecule has 104 valence electrons. The van der Waals surface area contributed by atoms with Crippen molar-refractivity contribution in [2.75, 3.05) is 12.3 Å². The van der Waals surface area contributed by atoms with Gasteiger partial charge in [0.05, 0.1) is 5.02 Å². The second-order valence-electron chi connectivity index (χ2n) is 5.16. The van der Waals surface area contributed by atoms with Gasteiger partial charge in [-0.3, -0.25) is 4.90 Å². The first-order valence-corrected chi connectivity index (χ1v) is 7.04. The molecule has 20 heavy (non-hydrogen) atoms. The summed E-state index contributed by atoms with van der Waals surface area (Å²) < 4.78 is 13.9. The molecule has 1 aliphatic rings. The Hall–Kier alpha value is -1.58. The van der Waals surface area contributed by atoms with E-state index in [1.807, 2.05) is 12.1 Å². The van der Waals surface area contributed by atoms with E-state index in [9.17, 15) is 4.39 Å². The number of nitrogens with two attached hydrogens (primary N) is 1. The molecule has 1 aliphatic heterocycles. The quantitative estimate of drug-likeness (QED) is 0.856. The smallest absolute Gasteiger partial charge is 0.146 e. The van der Waals surface area contributed by atoms with Crippen LogP contribution in [-0.4, -0.2) is 11.4 Å². The zero-order valence-electron chi connectivity index (χ0n) is 11.1. The molecule has 0 aromatic heterocycles. The van der Waals surface area contributed by atoms with Gasteiger partial charge in [0.15, 0.2) is 0 Å². The Morgan fingerprint density at radius 1 is 1.20 bits per heavy atom. The number of nitrogens with zero attached hydrogens (tertiary/aromatic N) is 1. The average Bonchev–Trinajstić information content (AvgIpc) is 2.44. The molecule has 0 atom stereocenters. The van der Waals surface area contributed by atoms with Crippen LogP contribution < -0.4 is 5.73 Å². The van der Waals surface area contributed by atoms with Crippen molar-refractivity contribution in [3.63, 3.8) is 0 Å². The van der Waals surface area contributed by atoms with Gasteiger partial charge in [0, 0.05) is 30.9 Å². The summed E-state index contributed by atoms with van der Waals surface area (Å²) in [6.45, 7) is 2.25. The molecule has 1 heterocycles. The zero-order valence-corrected chi connectivity index (χ0v) is 11.8. The molecule has 0 fully saturated rings. The van der Waals surface area contributed by atoms with Crippen LogP contribution in [0, 0.1) is 5.82 Å². The van der Waals surface area contributed by atoms with Gasteiger partial charge in [-0.05, 0) is 29.7 Å². The number of hydrogen-bond donors (Lipinski definition) is 1. The second kappa shape index (κ2) is 5.43. The van der Waals surface area contributed by atoms with Crippen molar-refractivity contribution in [3.05, 3.63) is 63.9 Å². The molecule has 0 spiro atoms. The third-order valence-electron chi connectivity index (χ3n) is 3.81. The average molecular weight is 291 g/mol. The maximum atomic E-state index is 13.9. The minimum atomic E-state index is -0.312. The Morgan fingerprint density at radius 3 is 2.85 bits per heavy atom. The van der Waals surface area contributed by atoms with Gasteiger partial charge >= 0.3 is 0 Å². The van der Waals surface area contributed by atoms with Crippen LogP contribution in [-0.2, 0) is 19.5 Å². The third-order valence-corrected chi connectivity index (χ3v) is 4.10. The van der Waals surface area contributed by atoms with Crippen LogP contribution >= 0.6 is 11.6 Å². The summed E-state index contributed by atoms with van der Waals surface area (Å²) >= 11 is 5.82. The molecule has 0 saturated carbocycles. The number of rotatable bonds is 2. The van der Waals surface area contributed by atoms with Crippen molar-refractivity contribution >= 4 is 17.3 Å². The Morgan fingerprint density at radius 2 is 2.00 bits per heavy atom. The fourth-order valence-corrected chi connectivity index (χ4v) is 2.94. The van der Waals surface area contributed by atoms with Gasteiger partial charge in [-0.15, -0.1) is 0 Å². The summed E-state index contributed by atoms with van der Waals surface area (Å²) in [4.78, 5) is 2.22. The highest BCUT2D eigenvalue weighted by Crippen LogP contribution is 2.26. The van der Waals surface area contributed by atoms with Crippen LogP contribution in [0.1, 0.15) is 16.7 Å². The van der Waals surface area contributed by atoms with Gasteiger partial charge in [-0.25, -0.2) is 4.39 Å². The summed E-state index contributed by atoms with van der Waals surface area (Å²) in [6, 6.07) is 11.1. The van der Waals surface area contributed by atoms with Crippen LogP contribution in [0.4, 0.5) is 10.1 Å². The van der Waals surface area contributed by atoms with Gasteiger partial charge in [-0.2, -0.15) is 0 Å². The SMILES string of the molecule is Nc1cccc2c1CCN(Cc1cccc(Cl)c1F)C2. The van der Waals surface area contributed by atoms with Gasteiger partial charge in [0.2, 0.25) is 0 Å². The van der Waals surface area contributed by atoms with E-state index in [0.29, 0.717) is 12.1 Å². The van der Waals surface area contributed by atoms with E-state index >= 15 is 0 Å². The summed E-state index contributed by atoms with van der Waals surface area (Å²) in [5.41, 5.74) is 9.95. The van der Waals surface area contributed by atoms with Crippen molar-refractivity contribution in [3.8, 4) is 0 Å². The first kappa shape index (κ1) is 13.4. The molecular formula is C16H16ClFN2. The minimum absolute atomic E-state index is 0.184. The van der Waals surface area contributed by atoms with Crippen LogP contribution in [0.2, 0.25) is 5.02 Å². The van der Waals surface area contributed by atoms with E-state index in [1.165, 1.54) is 11.1 Å². The van der Waals surface area contributed by atoms with E-state index in [0.717, 1.165) is 25.2 Å². The predicted octanol–water partition coefficient (Wildman–Crippen LogP) is 3.62. The number of anilines is 1. The molecule has 3 rings (SSSR count). The predicted molar refractivity (Wildman–Crippen MR) is 80.1 cm³/mol. The molecule has 0 bridgehead atoms. The minimum Gasteiger partial charge on any atom is -0.398 e. The van der Waals surface area contributed by atoms with Crippen molar-refractivity contribution in [1.82, 2.24) is 4.90 Å². The molecule has 2 N–H and O–H groups in total. The lowest BCUT2D eigenvalue weighted by molar-refractivity contribution is 0.242. The van der Waals surface area contributed by atoms with Gasteiger partial charge < -0.3 is 5.73 Å². The van der Waals surface area contributed by atoms with Crippen LogP contribution in [0.3, 0.4) is 0 Å². The van der Waals surface area contributed by atoms with Gasteiger partial charge in [0.25, 0.3) is 0 Å². The molecule has 0 saturated heterocycles. The summed E-state index contributed by atoms with van der Waals surface area (Å²) in [6.07, 6.45) is 0.907. The molecule has 0 unspecified atom stereocenters. The van der Waals surface area contributed by atoms with E-state index in [-0.39, 0.29) is 10.8 Å². The maximum absolute atomic E-state index is 13.9. The van der Waals surface area contributed by atoms with E-state index < -0.39 is 0 Å². The highest BCUT2D eigenvalue weighted by molar-refractivity contribution is 6.30. The molecule has 2 aromatic rings. The van der Waals surface area contributed by atoms with E-state index in [2.05, 4.69) is 11.0 Å². The molecule has 2 aromatic carbocycles. The zero-order chi connectivity index (χ0) is 14.1. The molecule has 0 aliphatic carbocycles. The molecule has 2 nitrogen and oxygen atoms in total. The summed E-state index contributed by atoms with van der Waals surface area (Å²) in [5, 5.41) is 0.184.